The van der Waals surface area contributed by atoms with Crippen molar-refractivity contribution in [2.45, 2.75) is 109 Å². The number of rotatable bonds is 14. The number of unbranched alkanes of at least 4 members (excludes halogenated alkanes) is 1. The Morgan fingerprint density at radius 2 is 1.71 bits per heavy atom. The molecule has 1 N–H and O–H groups in total. The van der Waals surface area contributed by atoms with Crippen LogP contribution in [0.1, 0.15) is 115 Å². The van der Waals surface area contributed by atoms with Crippen molar-refractivity contribution >= 4 is 15.8 Å². The highest BCUT2D eigenvalue weighted by atomic mass is 32.2. The standard InChI is InChI=1S/C34H51NO5S/c1-8-14-20-34(12-5)23-41(37,38)30-22-27(31(24(9-2)10-3)26(11-4)33(36)40-13-6)29(39-7)21-28(30)32(35-34)25-18-16-15-17-19-25/h15-19,21-22,24,26,31-32,35H,8-14,20,23H2,1-7H3/t26?,31?,32-,34-/m1/s1. The van der Waals surface area contributed by atoms with Gasteiger partial charge in [-0.1, -0.05) is 90.6 Å². The van der Waals surface area contributed by atoms with E-state index in [1.54, 1.807) is 7.11 Å². The van der Waals surface area contributed by atoms with E-state index in [0.717, 1.165) is 43.2 Å². The van der Waals surface area contributed by atoms with Gasteiger partial charge in [0.1, 0.15) is 5.75 Å². The van der Waals surface area contributed by atoms with Gasteiger partial charge in [0.15, 0.2) is 9.84 Å². The normalized spacial score (nSPS) is 21.5. The SMILES string of the molecule is CCCC[C@]1(CC)CS(=O)(=O)c2cc(C(C(CC)CC)C(CC)C(=O)OCC)c(OC)cc2[C@@H](c2ccccc2)N1. The first-order valence-corrected chi connectivity index (χ1v) is 17.2. The molecule has 0 saturated carbocycles. The molecule has 228 valence electrons. The van der Waals surface area contributed by atoms with Gasteiger partial charge in [0, 0.05) is 11.5 Å². The van der Waals surface area contributed by atoms with Crippen LogP contribution in [-0.4, -0.2) is 39.4 Å². The van der Waals surface area contributed by atoms with Gasteiger partial charge in [-0.05, 0) is 60.9 Å². The average Bonchev–Trinajstić information content (AvgIpc) is 3.07. The fourth-order valence-corrected chi connectivity index (χ4v) is 8.91. The van der Waals surface area contributed by atoms with Gasteiger partial charge in [-0.25, -0.2) is 8.42 Å². The van der Waals surface area contributed by atoms with Crippen molar-refractivity contribution in [3.05, 3.63) is 59.2 Å². The quantitative estimate of drug-likeness (QED) is 0.230. The molecular weight excluding hydrogens is 534 g/mol. The Morgan fingerprint density at radius 1 is 1.02 bits per heavy atom. The van der Waals surface area contributed by atoms with Gasteiger partial charge in [0.2, 0.25) is 0 Å². The molecular formula is C34H51NO5S. The van der Waals surface area contributed by atoms with Crippen LogP contribution < -0.4 is 10.1 Å². The largest absolute Gasteiger partial charge is 0.496 e. The van der Waals surface area contributed by atoms with Crippen LogP contribution >= 0.6 is 0 Å². The van der Waals surface area contributed by atoms with Crippen molar-refractivity contribution in [3.63, 3.8) is 0 Å². The zero-order valence-electron chi connectivity index (χ0n) is 26.2. The van der Waals surface area contributed by atoms with E-state index in [1.807, 2.05) is 44.2 Å². The molecule has 1 aliphatic rings. The zero-order valence-corrected chi connectivity index (χ0v) is 27.0. The van der Waals surface area contributed by atoms with E-state index in [1.165, 1.54) is 0 Å². The van der Waals surface area contributed by atoms with Gasteiger partial charge >= 0.3 is 5.97 Å². The number of sulfone groups is 1. The molecule has 2 aromatic rings. The Labute approximate surface area is 248 Å². The van der Waals surface area contributed by atoms with Crippen molar-refractivity contribution in [1.82, 2.24) is 5.32 Å². The third-order valence-corrected chi connectivity index (χ3v) is 11.1. The van der Waals surface area contributed by atoms with Crippen molar-refractivity contribution in [3.8, 4) is 5.75 Å². The van der Waals surface area contributed by atoms with Crippen LogP contribution in [0.15, 0.2) is 47.4 Å². The molecule has 2 aromatic carbocycles. The molecule has 1 aliphatic heterocycles. The number of ether oxygens (including phenoxy) is 2. The maximum atomic E-state index is 14.4. The highest BCUT2D eigenvalue weighted by Gasteiger charge is 2.44. The first kappa shape index (κ1) is 33.1. The highest BCUT2D eigenvalue weighted by Crippen LogP contribution is 2.47. The number of benzene rings is 2. The van der Waals surface area contributed by atoms with Gasteiger partial charge in [-0.15, -0.1) is 0 Å². The summed E-state index contributed by atoms with van der Waals surface area (Å²) in [6.07, 6.45) is 5.72. The number of fused-ring (bicyclic) bond motifs is 1. The van der Waals surface area contributed by atoms with E-state index in [-0.39, 0.29) is 29.6 Å². The summed E-state index contributed by atoms with van der Waals surface area (Å²) >= 11 is 0. The lowest BCUT2D eigenvalue weighted by molar-refractivity contribution is -0.149. The molecule has 7 heteroatoms. The molecule has 0 bridgehead atoms. The lowest BCUT2D eigenvalue weighted by atomic mass is 9.73. The summed E-state index contributed by atoms with van der Waals surface area (Å²) in [7, 11) is -2.05. The van der Waals surface area contributed by atoms with Crippen LogP contribution in [0.25, 0.3) is 0 Å². The van der Waals surface area contributed by atoms with Crippen molar-refractivity contribution in [2.24, 2.45) is 11.8 Å². The van der Waals surface area contributed by atoms with E-state index < -0.39 is 21.3 Å². The lowest BCUT2D eigenvalue weighted by Crippen LogP contribution is -2.50. The van der Waals surface area contributed by atoms with Gasteiger partial charge in [-0.2, -0.15) is 0 Å². The predicted octanol–water partition coefficient (Wildman–Crippen LogP) is 7.61. The van der Waals surface area contributed by atoms with E-state index in [9.17, 15) is 13.2 Å². The van der Waals surface area contributed by atoms with Crippen LogP contribution in [0.3, 0.4) is 0 Å². The number of carbonyl (C=O) groups excluding carboxylic acids is 1. The van der Waals surface area contributed by atoms with Crippen molar-refractivity contribution in [1.29, 1.82) is 0 Å². The molecule has 0 saturated heterocycles. The summed E-state index contributed by atoms with van der Waals surface area (Å²) in [5.74, 6) is -0.0516. The fraction of sp³-hybridized carbons (Fsp3) is 0.618. The number of hydrogen-bond donors (Lipinski definition) is 1. The monoisotopic (exact) mass is 585 g/mol. The Hall–Kier alpha value is -2.38. The van der Waals surface area contributed by atoms with Gasteiger partial charge < -0.3 is 9.47 Å². The van der Waals surface area contributed by atoms with Gasteiger partial charge in [0.25, 0.3) is 0 Å². The summed E-state index contributed by atoms with van der Waals surface area (Å²) in [5, 5.41) is 3.85. The van der Waals surface area contributed by atoms with Crippen LogP contribution in [-0.2, 0) is 19.4 Å². The first-order chi connectivity index (χ1) is 19.6. The summed E-state index contributed by atoms with van der Waals surface area (Å²) in [6.45, 7) is 12.6. The number of nitrogens with one attached hydrogen (secondary N) is 1. The molecule has 0 aliphatic carbocycles. The second-order valence-corrected chi connectivity index (χ2v) is 13.4. The van der Waals surface area contributed by atoms with Crippen LogP contribution in [0.2, 0.25) is 0 Å². The van der Waals surface area contributed by atoms with E-state index >= 15 is 0 Å². The summed E-state index contributed by atoms with van der Waals surface area (Å²) in [4.78, 5) is 13.6. The van der Waals surface area contributed by atoms with Gasteiger partial charge in [-0.3, -0.25) is 10.1 Å². The van der Waals surface area contributed by atoms with Gasteiger partial charge in [0.05, 0.1) is 36.3 Å². The Bertz CT molecular complexity index is 1240. The van der Waals surface area contributed by atoms with Crippen LogP contribution in [0, 0.1) is 11.8 Å². The van der Waals surface area contributed by atoms with Crippen LogP contribution in [0.5, 0.6) is 5.75 Å². The molecule has 0 radical (unpaired) electrons. The molecule has 41 heavy (non-hydrogen) atoms. The molecule has 4 atom stereocenters. The third-order valence-electron chi connectivity index (χ3n) is 9.12. The lowest BCUT2D eigenvalue weighted by Gasteiger charge is -2.36. The second kappa shape index (κ2) is 14.7. The average molecular weight is 586 g/mol. The number of methoxy groups -OCH3 is 1. The maximum absolute atomic E-state index is 14.4. The minimum atomic E-state index is -3.69. The molecule has 2 unspecified atom stereocenters. The summed E-state index contributed by atoms with van der Waals surface area (Å²) in [5.41, 5.74) is 1.95. The molecule has 3 rings (SSSR count). The smallest absolute Gasteiger partial charge is 0.309 e. The van der Waals surface area contributed by atoms with Crippen molar-refractivity contribution in [2.75, 3.05) is 19.5 Å². The summed E-state index contributed by atoms with van der Waals surface area (Å²) in [6, 6.07) is 13.5. The topological polar surface area (TPSA) is 81.7 Å². The number of hydrogen-bond acceptors (Lipinski definition) is 6. The molecule has 0 amide bonds. The molecule has 0 aromatic heterocycles. The number of esters is 1. The molecule has 6 nitrogen and oxygen atoms in total. The first-order valence-electron chi connectivity index (χ1n) is 15.6. The maximum Gasteiger partial charge on any atom is 0.309 e. The van der Waals surface area contributed by atoms with E-state index in [4.69, 9.17) is 9.47 Å². The highest BCUT2D eigenvalue weighted by molar-refractivity contribution is 7.91. The third kappa shape index (κ3) is 7.16. The van der Waals surface area contributed by atoms with Crippen molar-refractivity contribution < 1.29 is 22.7 Å². The van der Waals surface area contributed by atoms with E-state index in [2.05, 4.69) is 45.1 Å². The zero-order chi connectivity index (χ0) is 30.2. The molecule has 1 heterocycles. The predicted molar refractivity (Wildman–Crippen MR) is 166 cm³/mol. The second-order valence-electron chi connectivity index (χ2n) is 11.5. The molecule has 0 spiro atoms. The minimum absolute atomic E-state index is 0.0311. The Balaban J connectivity index is 2.36. The van der Waals surface area contributed by atoms with E-state index in [0.29, 0.717) is 35.7 Å². The molecule has 0 fully saturated rings. The Kier molecular flexibility index (Phi) is 11.9. The fourth-order valence-electron chi connectivity index (χ4n) is 6.75. The Morgan fingerprint density at radius 3 is 2.24 bits per heavy atom. The number of carbonyl (C=O) groups is 1. The minimum Gasteiger partial charge on any atom is -0.496 e. The van der Waals surface area contributed by atoms with Crippen LogP contribution in [0.4, 0.5) is 0 Å². The summed E-state index contributed by atoms with van der Waals surface area (Å²) < 4.78 is 40.3.